The van der Waals surface area contributed by atoms with Gasteiger partial charge in [-0.2, -0.15) is 0 Å². The molecule has 0 radical (unpaired) electrons. The molecule has 0 spiro atoms. The topological polar surface area (TPSA) is 80.3 Å². The first kappa shape index (κ1) is 13.6. The number of rotatable bonds is 2. The van der Waals surface area contributed by atoms with E-state index in [-0.39, 0.29) is 0 Å². The van der Waals surface area contributed by atoms with Crippen LogP contribution in [0.25, 0.3) is 0 Å². The van der Waals surface area contributed by atoms with Crippen LogP contribution in [0.1, 0.15) is 11.8 Å². The Kier molecular flexibility index (Phi) is 3.13. The van der Waals surface area contributed by atoms with Crippen molar-refractivity contribution in [3.63, 3.8) is 0 Å². The minimum Gasteiger partial charge on any atom is -0.466 e. The summed E-state index contributed by atoms with van der Waals surface area (Å²) in [5, 5.41) is 5.74. The lowest BCUT2D eigenvalue weighted by molar-refractivity contribution is -0.143. The van der Waals surface area contributed by atoms with Gasteiger partial charge in [-0.3, -0.25) is 14.9 Å². The third-order valence-electron chi connectivity index (χ3n) is 3.16. The Morgan fingerprint density at radius 3 is 2.90 bits per heavy atom. The van der Waals surface area contributed by atoms with Gasteiger partial charge in [0.05, 0.1) is 5.69 Å². The van der Waals surface area contributed by atoms with Crippen LogP contribution in [0.4, 0.5) is 10.8 Å². The normalized spacial score (nSPS) is 20.2. The number of nitrogens with zero attached hydrogens (tertiary/aromatic N) is 1. The summed E-state index contributed by atoms with van der Waals surface area (Å²) in [4.78, 5) is 29.6. The molecule has 0 saturated heterocycles. The van der Waals surface area contributed by atoms with Crippen molar-refractivity contribution in [2.24, 2.45) is 0 Å². The molecule has 1 aromatic carbocycles. The highest BCUT2D eigenvalue weighted by atomic mass is 32.1. The van der Waals surface area contributed by atoms with E-state index in [1.807, 2.05) is 6.92 Å². The Hall–Kier alpha value is -2.41. The number of aromatic nitrogens is 1. The molecule has 1 unspecified atom stereocenters. The summed E-state index contributed by atoms with van der Waals surface area (Å²) in [6, 6.07) is 6.98. The number of benzene rings is 1. The van der Waals surface area contributed by atoms with Gasteiger partial charge in [-0.15, -0.1) is 11.3 Å². The molecule has 1 aromatic heterocycles. The lowest BCUT2D eigenvalue weighted by Gasteiger charge is -2.32. The Labute approximate surface area is 125 Å². The predicted molar refractivity (Wildman–Crippen MR) is 79.6 cm³/mol. The SMILES string of the molecule is Cc1cnc(NC(=O)C2(C)Oc3ccccc3NC2=O)s1. The number of nitrogens with one attached hydrogen (secondary N) is 2. The number of fused-ring (bicyclic) bond motifs is 1. The number of amides is 2. The molecule has 2 heterocycles. The molecule has 0 saturated carbocycles. The van der Waals surface area contributed by atoms with Gasteiger partial charge in [0.1, 0.15) is 5.75 Å². The average molecular weight is 303 g/mol. The van der Waals surface area contributed by atoms with Crippen LogP contribution in [0.2, 0.25) is 0 Å². The van der Waals surface area contributed by atoms with Crippen molar-refractivity contribution >= 4 is 34.0 Å². The van der Waals surface area contributed by atoms with Gasteiger partial charge in [0.25, 0.3) is 17.4 Å². The molecule has 6 nitrogen and oxygen atoms in total. The second-order valence-electron chi connectivity index (χ2n) is 4.82. The molecular formula is C14H13N3O3S. The molecule has 2 amide bonds. The lowest BCUT2D eigenvalue weighted by Crippen LogP contribution is -2.56. The highest BCUT2D eigenvalue weighted by Gasteiger charge is 2.47. The zero-order valence-corrected chi connectivity index (χ0v) is 12.3. The van der Waals surface area contributed by atoms with Crippen molar-refractivity contribution < 1.29 is 14.3 Å². The number of para-hydroxylation sites is 2. The fraction of sp³-hybridized carbons (Fsp3) is 0.214. The second-order valence-corrected chi connectivity index (χ2v) is 6.05. The van der Waals surface area contributed by atoms with Gasteiger partial charge >= 0.3 is 0 Å². The first-order chi connectivity index (χ1) is 9.99. The highest BCUT2D eigenvalue weighted by molar-refractivity contribution is 7.15. The third kappa shape index (κ3) is 2.36. The van der Waals surface area contributed by atoms with E-state index >= 15 is 0 Å². The van der Waals surface area contributed by atoms with Gasteiger partial charge in [0.2, 0.25) is 0 Å². The number of carbonyl (C=O) groups is 2. The zero-order chi connectivity index (χ0) is 15.0. The van der Waals surface area contributed by atoms with Crippen LogP contribution in [-0.2, 0) is 9.59 Å². The van der Waals surface area contributed by atoms with Gasteiger partial charge < -0.3 is 10.1 Å². The molecule has 0 bridgehead atoms. The Morgan fingerprint density at radius 2 is 2.19 bits per heavy atom. The number of hydrogen-bond donors (Lipinski definition) is 2. The third-order valence-corrected chi connectivity index (χ3v) is 3.99. The van der Waals surface area contributed by atoms with Crippen molar-refractivity contribution in [3.8, 4) is 5.75 Å². The molecule has 7 heteroatoms. The Morgan fingerprint density at radius 1 is 1.43 bits per heavy atom. The van der Waals surface area contributed by atoms with E-state index in [4.69, 9.17) is 4.74 Å². The van der Waals surface area contributed by atoms with Crippen molar-refractivity contribution in [1.82, 2.24) is 4.98 Å². The fourth-order valence-electron chi connectivity index (χ4n) is 1.95. The Bertz CT molecular complexity index is 728. The quantitative estimate of drug-likeness (QED) is 0.833. The molecule has 0 fully saturated rings. The smallest absolute Gasteiger partial charge is 0.280 e. The molecule has 21 heavy (non-hydrogen) atoms. The number of hydrogen-bond acceptors (Lipinski definition) is 5. The van der Waals surface area contributed by atoms with Crippen molar-refractivity contribution in [1.29, 1.82) is 0 Å². The van der Waals surface area contributed by atoms with Crippen LogP contribution in [-0.4, -0.2) is 22.4 Å². The molecule has 2 N–H and O–H groups in total. The van der Waals surface area contributed by atoms with E-state index in [9.17, 15) is 9.59 Å². The molecule has 3 rings (SSSR count). The molecular weight excluding hydrogens is 290 g/mol. The van der Waals surface area contributed by atoms with Crippen molar-refractivity contribution in [2.75, 3.05) is 10.6 Å². The summed E-state index contributed by atoms with van der Waals surface area (Å²) in [7, 11) is 0. The highest BCUT2D eigenvalue weighted by Crippen LogP contribution is 2.34. The molecule has 1 atom stereocenters. The lowest BCUT2D eigenvalue weighted by atomic mass is 10.0. The van der Waals surface area contributed by atoms with Crippen LogP contribution >= 0.6 is 11.3 Å². The van der Waals surface area contributed by atoms with Crippen LogP contribution in [0, 0.1) is 6.92 Å². The maximum absolute atomic E-state index is 12.4. The minimum atomic E-state index is -1.63. The number of ether oxygens (including phenoxy) is 1. The van der Waals surface area contributed by atoms with E-state index < -0.39 is 17.4 Å². The average Bonchev–Trinajstić information content (AvgIpc) is 2.85. The standard InChI is InChI=1S/C14H13N3O3S/c1-8-7-15-13(21-8)17-12(19)14(2)11(18)16-9-5-3-4-6-10(9)20-14/h3-7H,1-2H3,(H,16,18)(H,15,17,19). The largest absolute Gasteiger partial charge is 0.466 e. The van der Waals surface area contributed by atoms with E-state index in [1.54, 1.807) is 30.5 Å². The summed E-state index contributed by atoms with van der Waals surface area (Å²) >= 11 is 1.34. The number of aryl methyl sites for hydroxylation is 1. The molecule has 0 aliphatic carbocycles. The fourth-order valence-corrected chi connectivity index (χ4v) is 2.60. The van der Waals surface area contributed by atoms with E-state index in [0.29, 0.717) is 16.6 Å². The van der Waals surface area contributed by atoms with Gasteiger partial charge in [0.15, 0.2) is 5.13 Å². The first-order valence-corrected chi connectivity index (χ1v) is 7.14. The summed E-state index contributed by atoms with van der Waals surface area (Å²) in [5.74, 6) is -0.596. The summed E-state index contributed by atoms with van der Waals surface area (Å²) < 4.78 is 5.63. The predicted octanol–water partition coefficient (Wildman–Crippen LogP) is 2.18. The van der Waals surface area contributed by atoms with E-state index in [0.717, 1.165) is 4.88 Å². The van der Waals surface area contributed by atoms with Crippen molar-refractivity contribution in [2.45, 2.75) is 19.4 Å². The zero-order valence-electron chi connectivity index (χ0n) is 11.5. The second kappa shape index (κ2) is 4.85. The minimum absolute atomic E-state index is 0.439. The summed E-state index contributed by atoms with van der Waals surface area (Å²) in [5.41, 5.74) is -1.08. The van der Waals surface area contributed by atoms with Crippen molar-refractivity contribution in [3.05, 3.63) is 35.3 Å². The maximum atomic E-state index is 12.4. The van der Waals surface area contributed by atoms with Crippen LogP contribution in [0.15, 0.2) is 30.5 Å². The van der Waals surface area contributed by atoms with Crippen LogP contribution in [0.5, 0.6) is 5.75 Å². The summed E-state index contributed by atoms with van der Waals surface area (Å²) in [6.07, 6.45) is 1.65. The molecule has 108 valence electrons. The van der Waals surface area contributed by atoms with Gasteiger partial charge in [-0.1, -0.05) is 12.1 Å². The van der Waals surface area contributed by atoms with Crippen LogP contribution < -0.4 is 15.4 Å². The number of carbonyl (C=O) groups excluding carboxylic acids is 2. The monoisotopic (exact) mass is 303 g/mol. The van der Waals surface area contributed by atoms with E-state index in [1.165, 1.54) is 18.3 Å². The van der Waals surface area contributed by atoms with Gasteiger partial charge in [0, 0.05) is 11.1 Å². The molecule has 1 aliphatic rings. The number of thiazole rings is 1. The van der Waals surface area contributed by atoms with Crippen LogP contribution in [0.3, 0.4) is 0 Å². The van der Waals surface area contributed by atoms with Gasteiger partial charge in [-0.25, -0.2) is 4.98 Å². The van der Waals surface area contributed by atoms with Gasteiger partial charge in [-0.05, 0) is 26.0 Å². The van der Waals surface area contributed by atoms with E-state index in [2.05, 4.69) is 15.6 Å². The first-order valence-electron chi connectivity index (χ1n) is 6.32. The Balaban J connectivity index is 1.86. The maximum Gasteiger partial charge on any atom is 0.280 e. The molecule has 1 aliphatic heterocycles. The summed E-state index contributed by atoms with van der Waals surface area (Å²) in [6.45, 7) is 3.32. The molecule has 2 aromatic rings. The number of anilines is 2.